The van der Waals surface area contributed by atoms with Crippen molar-refractivity contribution in [3.8, 4) is 0 Å². The number of rotatable bonds is 7. The minimum absolute atomic E-state index is 0.0842. The van der Waals surface area contributed by atoms with Crippen molar-refractivity contribution in [1.82, 2.24) is 10.6 Å². The van der Waals surface area contributed by atoms with Crippen molar-refractivity contribution in [2.45, 2.75) is 13.3 Å². The van der Waals surface area contributed by atoms with Gasteiger partial charge in [-0.05, 0) is 24.6 Å². The zero-order chi connectivity index (χ0) is 16.5. The maximum atomic E-state index is 11.8. The zero-order valence-corrected chi connectivity index (χ0v) is 12.9. The molecule has 0 bridgehead atoms. The van der Waals surface area contributed by atoms with Gasteiger partial charge in [0.05, 0.1) is 12.1 Å². The number of benzene rings is 1. The van der Waals surface area contributed by atoms with Crippen LogP contribution in [0.15, 0.2) is 18.2 Å². The minimum atomic E-state index is -0.759. The lowest BCUT2D eigenvalue weighted by molar-refractivity contribution is -0.127. The van der Waals surface area contributed by atoms with E-state index in [9.17, 15) is 14.4 Å². The van der Waals surface area contributed by atoms with Gasteiger partial charge in [-0.3, -0.25) is 9.59 Å². The van der Waals surface area contributed by atoms with E-state index in [0.29, 0.717) is 11.6 Å². The molecule has 0 atom stereocenters. The molecular formula is C14H18ClN3O4. The van der Waals surface area contributed by atoms with Crippen molar-refractivity contribution in [3.63, 3.8) is 0 Å². The standard InChI is InChI=1S/C14H18ClN3O4/c1-2-5-17-12(19)7-18-13(20)8-22-14(21)10-6-9(15)3-4-11(10)16/h3-4,6H,2,5,7-8,16H2,1H3,(H,17,19)(H,18,20). The largest absolute Gasteiger partial charge is 0.452 e. The highest BCUT2D eigenvalue weighted by Crippen LogP contribution is 2.18. The monoisotopic (exact) mass is 327 g/mol. The molecule has 1 aromatic rings. The number of nitrogens with two attached hydrogens (primary N) is 1. The van der Waals surface area contributed by atoms with Gasteiger partial charge in [-0.2, -0.15) is 0 Å². The number of hydrogen-bond donors (Lipinski definition) is 3. The molecule has 1 aromatic carbocycles. The summed E-state index contributed by atoms with van der Waals surface area (Å²) in [6.07, 6.45) is 0.804. The molecule has 0 aliphatic heterocycles. The van der Waals surface area contributed by atoms with E-state index >= 15 is 0 Å². The maximum absolute atomic E-state index is 11.8. The predicted octanol–water partition coefficient (Wildman–Crippen LogP) is 0.721. The number of nitrogens with one attached hydrogen (secondary N) is 2. The van der Waals surface area contributed by atoms with Gasteiger partial charge < -0.3 is 21.1 Å². The maximum Gasteiger partial charge on any atom is 0.340 e. The van der Waals surface area contributed by atoms with Gasteiger partial charge in [-0.25, -0.2) is 4.79 Å². The third kappa shape index (κ3) is 6.01. The second-order valence-electron chi connectivity index (χ2n) is 4.43. The number of carbonyl (C=O) groups is 3. The van der Waals surface area contributed by atoms with Crippen LogP contribution >= 0.6 is 11.6 Å². The lowest BCUT2D eigenvalue weighted by Gasteiger charge is -2.08. The first-order valence-corrected chi connectivity index (χ1v) is 7.07. The lowest BCUT2D eigenvalue weighted by atomic mass is 10.2. The summed E-state index contributed by atoms with van der Waals surface area (Å²) < 4.78 is 4.82. The fraction of sp³-hybridized carbons (Fsp3) is 0.357. The van der Waals surface area contributed by atoms with Gasteiger partial charge in [0, 0.05) is 17.3 Å². The number of ether oxygens (including phenoxy) is 1. The van der Waals surface area contributed by atoms with E-state index in [1.54, 1.807) is 0 Å². The van der Waals surface area contributed by atoms with Crippen LogP contribution in [0.5, 0.6) is 0 Å². The molecule has 120 valence electrons. The average molecular weight is 328 g/mol. The Morgan fingerprint density at radius 1 is 1.23 bits per heavy atom. The molecule has 0 unspecified atom stereocenters. The summed E-state index contributed by atoms with van der Waals surface area (Å²) in [5.74, 6) is -1.65. The molecule has 0 fully saturated rings. The Hall–Kier alpha value is -2.28. The Labute approximate surface area is 133 Å². The molecule has 4 N–H and O–H groups in total. The third-order valence-corrected chi connectivity index (χ3v) is 2.82. The number of esters is 1. The van der Waals surface area contributed by atoms with Crippen molar-refractivity contribution in [2.75, 3.05) is 25.4 Å². The first-order chi connectivity index (χ1) is 10.4. The van der Waals surface area contributed by atoms with Crippen LogP contribution in [0.2, 0.25) is 5.02 Å². The van der Waals surface area contributed by atoms with Crippen molar-refractivity contribution in [3.05, 3.63) is 28.8 Å². The summed E-state index contributed by atoms with van der Waals surface area (Å²) in [5, 5.41) is 5.27. The highest BCUT2D eigenvalue weighted by molar-refractivity contribution is 6.31. The van der Waals surface area contributed by atoms with Gasteiger partial charge in [0.15, 0.2) is 6.61 Å². The van der Waals surface area contributed by atoms with E-state index in [-0.39, 0.29) is 23.7 Å². The summed E-state index contributed by atoms with van der Waals surface area (Å²) in [6, 6.07) is 4.36. The van der Waals surface area contributed by atoms with Crippen LogP contribution in [0.4, 0.5) is 5.69 Å². The van der Waals surface area contributed by atoms with Crippen LogP contribution in [0.3, 0.4) is 0 Å². The number of amides is 2. The van der Waals surface area contributed by atoms with E-state index in [2.05, 4.69) is 10.6 Å². The third-order valence-electron chi connectivity index (χ3n) is 2.59. The Bertz CT molecular complexity index is 563. The van der Waals surface area contributed by atoms with Gasteiger partial charge in [0.2, 0.25) is 5.91 Å². The second kappa shape index (κ2) is 8.89. The van der Waals surface area contributed by atoms with Crippen LogP contribution in [-0.2, 0) is 14.3 Å². The fourth-order valence-corrected chi connectivity index (χ4v) is 1.64. The number of anilines is 1. The van der Waals surface area contributed by atoms with E-state index in [0.717, 1.165) is 6.42 Å². The SMILES string of the molecule is CCCNC(=O)CNC(=O)COC(=O)c1cc(Cl)ccc1N. The normalized spacial score (nSPS) is 9.91. The summed E-state index contributed by atoms with van der Waals surface area (Å²) in [6.45, 7) is 1.78. The van der Waals surface area contributed by atoms with Crippen molar-refractivity contribution >= 4 is 35.1 Å². The molecule has 0 heterocycles. The molecule has 0 aliphatic carbocycles. The molecule has 7 nitrogen and oxygen atoms in total. The molecular weight excluding hydrogens is 310 g/mol. The Morgan fingerprint density at radius 2 is 1.95 bits per heavy atom. The molecule has 0 aliphatic rings. The van der Waals surface area contributed by atoms with E-state index in [1.807, 2.05) is 6.92 Å². The molecule has 0 saturated heterocycles. The number of hydrogen-bond acceptors (Lipinski definition) is 5. The Balaban J connectivity index is 2.39. The first-order valence-electron chi connectivity index (χ1n) is 6.69. The summed E-state index contributed by atoms with van der Waals surface area (Å²) in [7, 11) is 0. The second-order valence-corrected chi connectivity index (χ2v) is 4.87. The van der Waals surface area contributed by atoms with Crippen LogP contribution in [0.1, 0.15) is 23.7 Å². The fourth-order valence-electron chi connectivity index (χ4n) is 1.47. The Morgan fingerprint density at radius 3 is 2.64 bits per heavy atom. The molecule has 1 rings (SSSR count). The molecule has 0 spiro atoms. The lowest BCUT2D eigenvalue weighted by Crippen LogP contribution is -2.38. The smallest absolute Gasteiger partial charge is 0.340 e. The van der Waals surface area contributed by atoms with Gasteiger partial charge in [0.1, 0.15) is 0 Å². The van der Waals surface area contributed by atoms with Crippen molar-refractivity contribution in [2.24, 2.45) is 0 Å². The first kappa shape index (κ1) is 17.8. The highest BCUT2D eigenvalue weighted by atomic mass is 35.5. The average Bonchev–Trinajstić information content (AvgIpc) is 2.50. The van der Waals surface area contributed by atoms with Crippen LogP contribution < -0.4 is 16.4 Å². The summed E-state index contributed by atoms with van der Waals surface area (Å²) >= 11 is 5.76. The Kier molecular flexibility index (Phi) is 7.18. The minimum Gasteiger partial charge on any atom is -0.452 e. The molecule has 22 heavy (non-hydrogen) atoms. The van der Waals surface area contributed by atoms with E-state index in [4.69, 9.17) is 22.1 Å². The number of halogens is 1. The zero-order valence-electron chi connectivity index (χ0n) is 12.1. The summed E-state index contributed by atoms with van der Waals surface area (Å²) in [4.78, 5) is 34.5. The van der Waals surface area contributed by atoms with Crippen LogP contribution in [0, 0.1) is 0 Å². The van der Waals surface area contributed by atoms with E-state index < -0.39 is 18.5 Å². The van der Waals surface area contributed by atoms with Gasteiger partial charge in [0.25, 0.3) is 5.91 Å². The van der Waals surface area contributed by atoms with Gasteiger partial charge >= 0.3 is 5.97 Å². The molecule has 0 saturated carbocycles. The quantitative estimate of drug-likeness (QED) is 0.505. The topological polar surface area (TPSA) is 111 Å². The van der Waals surface area contributed by atoms with Crippen molar-refractivity contribution in [1.29, 1.82) is 0 Å². The molecule has 0 aromatic heterocycles. The molecule has 2 amide bonds. The predicted molar refractivity (Wildman–Crippen MR) is 82.5 cm³/mol. The van der Waals surface area contributed by atoms with Crippen LogP contribution in [-0.4, -0.2) is 37.5 Å². The molecule has 0 radical (unpaired) electrons. The van der Waals surface area contributed by atoms with Crippen molar-refractivity contribution < 1.29 is 19.1 Å². The number of nitrogen functional groups attached to an aromatic ring is 1. The number of carbonyl (C=O) groups excluding carboxylic acids is 3. The highest BCUT2D eigenvalue weighted by Gasteiger charge is 2.14. The van der Waals surface area contributed by atoms with Crippen LogP contribution in [0.25, 0.3) is 0 Å². The molecule has 8 heteroatoms. The van der Waals surface area contributed by atoms with Gasteiger partial charge in [-0.1, -0.05) is 18.5 Å². The van der Waals surface area contributed by atoms with E-state index in [1.165, 1.54) is 18.2 Å². The van der Waals surface area contributed by atoms with Gasteiger partial charge in [-0.15, -0.1) is 0 Å². The summed E-state index contributed by atoms with van der Waals surface area (Å²) in [5.41, 5.74) is 5.92.